The Bertz CT molecular complexity index is 511. The highest BCUT2D eigenvalue weighted by atomic mass is 35.5. The molecule has 0 unspecified atom stereocenters. The Balaban J connectivity index is 2.26. The van der Waals surface area contributed by atoms with E-state index in [0.717, 1.165) is 22.5 Å². The lowest BCUT2D eigenvalue weighted by atomic mass is 10.1. The molecule has 1 aliphatic rings. The van der Waals surface area contributed by atoms with Crippen LogP contribution < -0.4 is 4.42 Å². The Morgan fingerprint density at radius 2 is 1.12 bits per heavy atom. The minimum atomic E-state index is 1.02. The van der Waals surface area contributed by atoms with E-state index >= 15 is 0 Å². The Hall–Kier alpha value is -1.73. The fourth-order valence-corrected chi connectivity index (χ4v) is 2.23. The molecule has 0 aromatic heterocycles. The lowest BCUT2D eigenvalue weighted by molar-refractivity contribution is 1.41. The number of fused-ring (bicyclic) bond motifs is 2. The van der Waals surface area contributed by atoms with Crippen molar-refractivity contribution >= 4 is 35.3 Å². The van der Waals surface area contributed by atoms with Gasteiger partial charge in [0, 0.05) is 11.8 Å². The van der Waals surface area contributed by atoms with Crippen LogP contribution in [0.2, 0.25) is 0 Å². The second-order valence-electron chi connectivity index (χ2n) is 3.73. The molecule has 1 aliphatic heterocycles. The molecule has 1 nitrogen and oxygen atoms in total. The van der Waals surface area contributed by atoms with Gasteiger partial charge in [0.1, 0.15) is 0 Å². The van der Waals surface area contributed by atoms with Gasteiger partial charge in [-0.2, -0.15) is 0 Å². The molecule has 0 aliphatic carbocycles. The molecule has 2 heteroatoms. The number of para-hydroxylation sites is 2. The van der Waals surface area contributed by atoms with E-state index in [1.54, 1.807) is 4.42 Å². The average molecular weight is 228 g/mol. The van der Waals surface area contributed by atoms with Gasteiger partial charge in [0.05, 0.1) is 11.4 Å². The highest BCUT2D eigenvalue weighted by molar-refractivity contribution is 6.30. The normalized spacial score (nSPS) is 12.9. The molecule has 2 aromatic rings. The molecule has 2 aromatic carbocycles. The van der Waals surface area contributed by atoms with E-state index in [2.05, 4.69) is 24.3 Å². The summed E-state index contributed by atoms with van der Waals surface area (Å²) in [6.07, 6.45) is 4.19. The highest BCUT2D eigenvalue weighted by Crippen LogP contribution is 2.37. The molecule has 0 atom stereocenters. The summed E-state index contributed by atoms with van der Waals surface area (Å²) in [5.41, 5.74) is 4.30. The van der Waals surface area contributed by atoms with Crippen LogP contribution in [0.1, 0.15) is 11.1 Å². The van der Waals surface area contributed by atoms with Gasteiger partial charge in [0.15, 0.2) is 0 Å². The number of benzene rings is 2. The standard InChI is InChI=1S/C14H10ClN/c15-16-13-7-3-1-5-11(13)9-10-12-6-2-4-8-14(12)16/h1-10H. The zero-order chi connectivity index (χ0) is 11.0. The van der Waals surface area contributed by atoms with Crippen LogP contribution in [-0.4, -0.2) is 0 Å². The summed E-state index contributed by atoms with van der Waals surface area (Å²) in [6, 6.07) is 16.2. The van der Waals surface area contributed by atoms with Crippen molar-refractivity contribution in [2.75, 3.05) is 4.42 Å². The van der Waals surface area contributed by atoms with Crippen LogP contribution in [0.5, 0.6) is 0 Å². The van der Waals surface area contributed by atoms with Crippen molar-refractivity contribution in [2.24, 2.45) is 0 Å². The summed E-state index contributed by atoms with van der Waals surface area (Å²) in [6.45, 7) is 0. The monoisotopic (exact) mass is 227 g/mol. The molecule has 0 spiro atoms. The van der Waals surface area contributed by atoms with Crippen molar-refractivity contribution in [1.82, 2.24) is 0 Å². The number of anilines is 2. The molecule has 0 radical (unpaired) electrons. The number of hydrogen-bond donors (Lipinski definition) is 0. The summed E-state index contributed by atoms with van der Waals surface area (Å²) in [5.74, 6) is 0. The number of halogens is 1. The average Bonchev–Trinajstić information content (AvgIpc) is 2.49. The van der Waals surface area contributed by atoms with Crippen LogP contribution in [0.15, 0.2) is 48.5 Å². The molecule has 78 valence electrons. The number of hydrogen-bond acceptors (Lipinski definition) is 1. The van der Waals surface area contributed by atoms with Crippen molar-refractivity contribution in [1.29, 1.82) is 0 Å². The van der Waals surface area contributed by atoms with Gasteiger partial charge in [-0.15, -0.1) is 0 Å². The maximum Gasteiger partial charge on any atom is 0.0654 e. The second kappa shape index (κ2) is 3.69. The fraction of sp³-hybridized carbons (Fsp3) is 0. The topological polar surface area (TPSA) is 3.24 Å². The first-order chi connectivity index (χ1) is 7.86. The molecule has 1 heterocycles. The summed E-state index contributed by atoms with van der Waals surface area (Å²) in [4.78, 5) is 0. The van der Waals surface area contributed by atoms with E-state index in [-0.39, 0.29) is 0 Å². The van der Waals surface area contributed by atoms with Crippen molar-refractivity contribution in [2.45, 2.75) is 0 Å². The third-order valence-electron chi connectivity index (χ3n) is 2.74. The van der Waals surface area contributed by atoms with Crippen LogP contribution in [0.4, 0.5) is 11.4 Å². The largest absolute Gasteiger partial charge is 0.252 e. The van der Waals surface area contributed by atoms with Gasteiger partial charge in [0.25, 0.3) is 0 Å². The molecular formula is C14H10ClN. The third-order valence-corrected chi connectivity index (χ3v) is 3.10. The first-order valence-electron chi connectivity index (χ1n) is 5.18. The predicted molar refractivity (Wildman–Crippen MR) is 69.8 cm³/mol. The zero-order valence-electron chi connectivity index (χ0n) is 8.60. The van der Waals surface area contributed by atoms with E-state index in [1.807, 2.05) is 36.4 Å². The van der Waals surface area contributed by atoms with Crippen LogP contribution >= 0.6 is 11.8 Å². The minimum Gasteiger partial charge on any atom is -0.252 e. The van der Waals surface area contributed by atoms with Gasteiger partial charge in [-0.25, -0.2) is 0 Å². The van der Waals surface area contributed by atoms with Crippen molar-refractivity contribution in [3.05, 3.63) is 59.7 Å². The molecular weight excluding hydrogens is 218 g/mol. The Morgan fingerprint density at radius 3 is 1.62 bits per heavy atom. The summed E-state index contributed by atoms with van der Waals surface area (Å²) < 4.78 is 1.71. The maximum absolute atomic E-state index is 6.38. The van der Waals surface area contributed by atoms with E-state index in [0.29, 0.717) is 0 Å². The van der Waals surface area contributed by atoms with E-state index in [1.165, 1.54) is 0 Å². The quantitative estimate of drug-likeness (QED) is 0.601. The highest BCUT2D eigenvalue weighted by Gasteiger charge is 2.14. The zero-order valence-corrected chi connectivity index (χ0v) is 9.35. The van der Waals surface area contributed by atoms with Gasteiger partial charge in [-0.3, -0.25) is 4.42 Å². The molecule has 0 N–H and O–H groups in total. The SMILES string of the molecule is ClN1c2ccccc2C=Cc2ccccc21. The Labute approximate surface area is 99.7 Å². The molecule has 0 amide bonds. The lowest BCUT2D eigenvalue weighted by Gasteiger charge is -2.17. The summed E-state index contributed by atoms with van der Waals surface area (Å²) in [7, 11) is 0. The smallest absolute Gasteiger partial charge is 0.0654 e. The predicted octanol–water partition coefficient (Wildman–Crippen LogP) is 4.46. The van der Waals surface area contributed by atoms with E-state index in [4.69, 9.17) is 11.8 Å². The molecule has 0 saturated carbocycles. The first kappa shape index (κ1) is 9.49. The van der Waals surface area contributed by atoms with Crippen molar-refractivity contribution in [3.63, 3.8) is 0 Å². The fourth-order valence-electron chi connectivity index (χ4n) is 1.92. The molecule has 16 heavy (non-hydrogen) atoms. The van der Waals surface area contributed by atoms with Gasteiger partial charge >= 0.3 is 0 Å². The number of nitrogens with zero attached hydrogens (tertiary/aromatic N) is 1. The van der Waals surface area contributed by atoms with Crippen molar-refractivity contribution in [3.8, 4) is 0 Å². The Kier molecular flexibility index (Phi) is 2.19. The molecule has 3 rings (SSSR count). The van der Waals surface area contributed by atoms with Gasteiger partial charge < -0.3 is 0 Å². The second-order valence-corrected chi connectivity index (χ2v) is 4.07. The van der Waals surface area contributed by atoms with Crippen LogP contribution in [0, 0.1) is 0 Å². The first-order valence-corrected chi connectivity index (χ1v) is 5.52. The third kappa shape index (κ3) is 1.41. The molecule has 0 bridgehead atoms. The molecule has 0 fully saturated rings. The van der Waals surface area contributed by atoms with Gasteiger partial charge in [-0.05, 0) is 23.3 Å². The number of rotatable bonds is 0. The van der Waals surface area contributed by atoms with E-state index < -0.39 is 0 Å². The summed E-state index contributed by atoms with van der Waals surface area (Å²) >= 11 is 6.38. The van der Waals surface area contributed by atoms with Crippen LogP contribution in [-0.2, 0) is 0 Å². The van der Waals surface area contributed by atoms with Crippen molar-refractivity contribution < 1.29 is 0 Å². The van der Waals surface area contributed by atoms with E-state index in [9.17, 15) is 0 Å². The van der Waals surface area contributed by atoms with Gasteiger partial charge in [0.2, 0.25) is 0 Å². The molecule has 0 saturated heterocycles. The van der Waals surface area contributed by atoms with Crippen LogP contribution in [0.3, 0.4) is 0 Å². The summed E-state index contributed by atoms with van der Waals surface area (Å²) in [5, 5.41) is 0. The maximum atomic E-state index is 6.38. The minimum absolute atomic E-state index is 1.02. The van der Waals surface area contributed by atoms with Gasteiger partial charge in [-0.1, -0.05) is 48.6 Å². The Morgan fingerprint density at radius 1 is 0.688 bits per heavy atom. The lowest BCUT2D eigenvalue weighted by Crippen LogP contribution is -2.03. The van der Waals surface area contributed by atoms with Crippen LogP contribution in [0.25, 0.3) is 12.2 Å².